The van der Waals surface area contributed by atoms with Crippen LogP contribution in [0.5, 0.6) is 11.5 Å². The normalized spacial score (nSPS) is 23.4. The van der Waals surface area contributed by atoms with Crippen LogP contribution in [0.3, 0.4) is 0 Å². The molecule has 0 saturated carbocycles. The van der Waals surface area contributed by atoms with Gasteiger partial charge in [0.15, 0.2) is 11.5 Å². The number of rotatable bonds is 5. The molecule has 1 aromatic rings. The summed E-state index contributed by atoms with van der Waals surface area (Å²) in [6.07, 6.45) is 1.28. The van der Waals surface area contributed by atoms with E-state index < -0.39 is 0 Å². The van der Waals surface area contributed by atoms with Gasteiger partial charge >= 0.3 is 0 Å². The number of carbonyl (C=O) groups is 2. The molecule has 0 bridgehead atoms. The van der Waals surface area contributed by atoms with Gasteiger partial charge in [0.25, 0.3) is 0 Å². The summed E-state index contributed by atoms with van der Waals surface area (Å²) in [7, 11) is 0. The largest absolute Gasteiger partial charge is 0.454 e. The topological polar surface area (TPSA) is 62.3 Å². The number of amides is 2. The lowest BCUT2D eigenvalue weighted by molar-refractivity contribution is -0.137. The number of ether oxygens (including phenoxy) is 2. The van der Waals surface area contributed by atoms with E-state index in [1.54, 1.807) is 0 Å². The van der Waals surface area contributed by atoms with Crippen LogP contribution in [0, 0.1) is 5.92 Å². The van der Waals surface area contributed by atoms with Gasteiger partial charge in [-0.25, -0.2) is 0 Å². The summed E-state index contributed by atoms with van der Waals surface area (Å²) in [6.45, 7) is 8.96. The van der Waals surface area contributed by atoms with E-state index in [2.05, 4.69) is 24.8 Å². The van der Waals surface area contributed by atoms with Crippen molar-refractivity contribution in [3.63, 3.8) is 0 Å². The fourth-order valence-electron chi connectivity index (χ4n) is 4.23. The van der Waals surface area contributed by atoms with Gasteiger partial charge in [-0.15, -0.1) is 0 Å². The van der Waals surface area contributed by atoms with Gasteiger partial charge in [0, 0.05) is 51.7 Å². The highest BCUT2D eigenvalue weighted by Gasteiger charge is 2.38. The molecule has 1 aromatic carbocycles. The Balaban J connectivity index is 1.28. The Morgan fingerprint density at radius 1 is 1.18 bits per heavy atom. The van der Waals surface area contributed by atoms with Gasteiger partial charge in [-0.3, -0.25) is 14.5 Å². The molecule has 0 N–H and O–H groups in total. The van der Waals surface area contributed by atoms with Crippen LogP contribution in [0.4, 0.5) is 0 Å². The first-order chi connectivity index (χ1) is 13.5. The van der Waals surface area contributed by atoms with Crippen LogP contribution in [0.1, 0.15) is 32.3 Å². The smallest absolute Gasteiger partial charge is 0.231 e. The molecule has 2 saturated heterocycles. The highest BCUT2D eigenvalue weighted by atomic mass is 16.7. The first kappa shape index (κ1) is 19.1. The minimum Gasteiger partial charge on any atom is -0.454 e. The quantitative estimate of drug-likeness (QED) is 0.770. The van der Waals surface area contributed by atoms with Crippen LogP contribution in [0.25, 0.3) is 0 Å². The third kappa shape index (κ3) is 3.81. The van der Waals surface area contributed by atoms with Crippen LogP contribution in [0.15, 0.2) is 18.2 Å². The summed E-state index contributed by atoms with van der Waals surface area (Å²) < 4.78 is 10.8. The van der Waals surface area contributed by atoms with Crippen molar-refractivity contribution >= 4 is 11.8 Å². The summed E-state index contributed by atoms with van der Waals surface area (Å²) in [5.74, 6) is 1.69. The molecule has 4 rings (SSSR count). The second-order valence-electron chi connectivity index (χ2n) is 7.99. The molecular weight excluding hydrogens is 358 g/mol. The molecule has 7 heteroatoms. The number of hydrogen-bond acceptors (Lipinski definition) is 5. The first-order valence-electron chi connectivity index (χ1n) is 10.2. The highest BCUT2D eigenvalue weighted by Crippen LogP contribution is 2.33. The molecule has 0 aliphatic carbocycles. The first-order valence-corrected chi connectivity index (χ1v) is 10.2. The molecule has 0 radical (unpaired) electrons. The third-order valence-electron chi connectivity index (χ3n) is 6.16. The Labute approximate surface area is 166 Å². The number of likely N-dealkylation sites (tertiary alicyclic amines) is 1. The monoisotopic (exact) mass is 387 g/mol. The number of fused-ring (bicyclic) bond motifs is 1. The van der Waals surface area contributed by atoms with Gasteiger partial charge in [0.2, 0.25) is 18.6 Å². The lowest BCUT2D eigenvalue weighted by Gasteiger charge is -2.36. The summed E-state index contributed by atoms with van der Waals surface area (Å²) in [6, 6.07) is 6.27. The van der Waals surface area contributed by atoms with E-state index >= 15 is 0 Å². The average Bonchev–Trinajstić information content (AvgIpc) is 3.33. The molecule has 3 aliphatic rings. The molecule has 2 fully saturated rings. The van der Waals surface area contributed by atoms with Crippen molar-refractivity contribution in [3.05, 3.63) is 23.8 Å². The number of benzene rings is 1. The second-order valence-corrected chi connectivity index (χ2v) is 7.99. The standard InChI is InChI=1S/C21H29N3O4/c1-3-15(2)24-13-17(11-20(24)25)21(26)23-8-6-22(7-9-23)12-16-4-5-18-19(10-16)28-14-27-18/h4-5,10,15,17H,3,6-9,11-14H2,1-2H3. The molecule has 2 atom stereocenters. The van der Waals surface area contributed by atoms with Crippen LogP contribution in [-0.2, 0) is 16.1 Å². The molecule has 3 heterocycles. The molecule has 7 nitrogen and oxygen atoms in total. The summed E-state index contributed by atoms with van der Waals surface area (Å²) in [4.78, 5) is 31.3. The van der Waals surface area contributed by atoms with E-state index in [0.717, 1.165) is 50.6 Å². The van der Waals surface area contributed by atoms with Crippen molar-refractivity contribution < 1.29 is 19.1 Å². The minimum atomic E-state index is -0.179. The lowest BCUT2D eigenvalue weighted by atomic mass is 10.1. The summed E-state index contributed by atoms with van der Waals surface area (Å²) in [5.41, 5.74) is 1.19. The predicted octanol–water partition coefficient (Wildman–Crippen LogP) is 1.71. The Morgan fingerprint density at radius 3 is 2.68 bits per heavy atom. The number of hydrogen-bond donors (Lipinski definition) is 0. The van der Waals surface area contributed by atoms with E-state index in [1.165, 1.54) is 5.56 Å². The maximum absolute atomic E-state index is 12.9. The zero-order chi connectivity index (χ0) is 19.7. The summed E-state index contributed by atoms with van der Waals surface area (Å²) in [5, 5.41) is 0. The average molecular weight is 387 g/mol. The van der Waals surface area contributed by atoms with Gasteiger partial charge in [-0.1, -0.05) is 13.0 Å². The van der Waals surface area contributed by atoms with Gasteiger partial charge in [-0.2, -0.15) is 0 Å². The lowest BCUT2D eigenvalue weighted by Crippen LogP contribution is -2.50. The van der Waals surface area contributed by atoms with Gasteiger partial charge in [0.05, 0.1) is 5.92 Å². The Hall–Kier alpha value is -2.28. The number of piperazine rings is 1. The summed E-state index contributed by atoms with van der Waals surface area (Å²) >= 11 is 0. The molecule has 152 valence electrons. The zero-order valence-corrected chi connectivity index (χ0v) is 16.7. The van der Waals surface area contributed by atoms with Gasteiger partial charge < -0.3 is 19.3 Å². The molecule has 0 spiro atoms. The molecular formula is C21H29N3O4. The fraction of sp³-hybridized carbons (Fsp3) is 0.619. The molecule has 0 aromatic heterocycles. The third-order valence-corrected chi connectivity index (χ3v) is 6.16. The van der Waals surface area contributed by atoms with Crippen molar-refractivity contribution in [1.29, 1.82) is 0 Å². The van der Waals surface area contributed by atoms with Crippen molar-refractivity contribution in [3.8, 4) is 11.5 Å². The van der Waals surface area contributed by atoms with Crippen molar-refractivity contribution in [1.82, 2.24) is 14.7 Å². The van der Waals surface area contributed by atoms with E-state index in [4.69, 9.17) is 9.47 Å². The maximum atomic E-state index is 12.9. The van der Waals surface area contributed by atoms with Crippen LogP contribution in [0.2, 0.25) is 0 Å². The predicted molar refractivity (Wildman–Crippen MR) is 104 cm³/mol. The molecule has 2 amide bonds. The van der Waals surface area contributed by atoms with E-state index in [1.807, 2.05) is 21.9 Å². The van der Waals surface area contributed by atoms with Crippen molar-refractivity contribution in [2.24, 2.45) is 5.92 Å². The molecule has 28 heavy (non-hydrogen) atoms. The molecule has 3 aliphatic heterocycles. The number of nitrogens with zero attached hydrogens (tertiary/aromatic N) is 3. The van der Waals surface area contributed by atoms with E-state index in [0.29, 0.717) is 13.0 Å². The Kier molecular flexibility index (Phi) is 5.44. The van der Waals surface area contributed by atoms with Crippen molar-refractivity contribution in [2.45, 2.75) is 39.3 Å². The SMILES string of the molecule is CCC(C)N1CC(C(=O)N2CCN(Cc3ccc4c(c3)OCO4)CC2)CC1=O. The zero-order valence-electron chi connectivity index (χ0n) is 16.7. The van der Waals surface area contributed by atoms with Crippen molar-refractivity contribution in [2.75, 3.05) is 39.5 Å². The van der Waals surface area contributed by atoms with Crippen LogP contribution < -0.4 is 9.47 Å². The minimum absolute atomic E-state index is 0.120. The highest BCUT2D eigenvalue weighted by molar-refractivity contribution is 5.89. The van der Waals surface area contributed by atoms with Gasteiger partial charge in [0.1, 0.15) is 0 Å². The van der Waals surface area contributed by atoms with E-state index in [-0.39, 0.29) is 30.6 Å². The second kappa shape index (κ2) is 7.99. The van der Waals surface area contributed by atoms with Crippen LogP contribution >= 0.6 is 0 Å². The van der Waals surface area contributed by atoms with E-state index in [9.17, 15) is 9.59 Å². The van der Waals surface area contributed by atoms with Crippen LogP contribution in [-0.4, -0.2) is 72.1 Å². The maximum Gasteiger partial charge on any atom is 0.231 e. The number of carbonyl (C=O) groups excluding carboxylic acids is 2. The van der Waals surface area contributed by atoms with Gasteiger partial charge in [-0.05, 0) is 31.0 Å². The Morgan fingerprint density at radius 2 is 1.93 bits per heavy atom. The molecule has 2 unspecified atom stereocenters. The Bertz CT molecular complexity index is 745. The fourth-order valence-corrected chi connectivity index (χ4v) is 4.23.